The molecule has 0 saturated carbocycles. The quantitative estimate of drug-likeness (QED) is 0.662. The Bertz CT molecular complexity index is 387. The van der Waals surface area contributed by atoms with E-state index in [1.165, 1.54) is 11.8 Å². The zero-order valence-electron chi connectivity index (χ0n) is 9.91. The molecule has 0 fully saturated rings. The fraction of sp³-hybridized carbons (Fsp3) is 0.417. The fourth-order valence-electron chi connectivity index (χ4n) is 1.16. The van der Waals surface area contributed by atoms with Gasteiger partial charge in [-0.1, -0.05) is 48.0 Å². The van der Waals surface area contributed by atoms with Crippen molar-refractivity contribution in [2.24, 2.45) is 10.7 Å². The molecular weight excluding hydrogens is 275 g/mol. The number of amidine groups is 1. The van der Waals surface area contributed by atoms with Crippen LogP contribution in [0, 0.1) is 0 Å². The third-order valence-electron chi connectivity index (χ3n) is 2.36. The van der Waals surface area contributed by atoms with E-state index in [4.69, 9.17) is 28.9 Å². The highest BCUT2D eigenvalue weighted by Gasteiger charge is 2.07. The number of rotatable bonds is 4. The lowest BCUT2D eigenvalue weighted by atomic mass is 10.2. The van der Waals surface area contributed by atoms with Crippen LogP contribution in [-0.2, 0) is 5.75 Å². The topological polar surface area (TPSA) is 38.4 Å². The predicted molar refractivity (Wildman–Crippen MR) is 79.1 cm³/mol. The van der Waals surface area contributed by atoms with Gasteiger partial charge in [-0.3, -0.25) is 4.99 Å². The Morgan fingerprint density at radius 3 is 2.53 bits per heavy atom. The van der Waals surface area contributed by atoms with E-state index in [0.717, 1.165) is 12.0 Å². The van der Waals surface area contributed by atoms with Crippen LogP contribution in [0.25, 0.3) is 0 Å². The highest BCUT2D eigenvalue weighted by molar-refractivity contribution is 8.13. The molecule has 1 atom stereocenters. The maximum atomic E-state index is 6.07. The van der Waals surface area contributed by atoms with Crippen LogP contribution in [-0.4, -0.2) is 11.2 Å². The van der Waals surface area contributed by atoms with E-state index in [1.807, 2.05) is 25.1 Å². The number of halogens is 2. The van der Waals surface area contributed by atoms with E-state index in [1.54, 1.807) is 0 Å². The average molecular weight is 291 g/mol. The van der Waals surface area contributed by atoms with Crippen LogP contribution in [0.4, 0.5) is 0 Å². The summed E-state index contributed by atoms with van der Waals surface area (Å²) in [7, 11) is 0. The van der Waals surface area contributed by atoms with Crippen LogP contribution in [0.1, 0.15) is 25.8 Å². The van der Waals surface area contributed by atoms with Gasteiger partial charge in [0.1, 0.15) is 0 Å². The van der Waals surface area contributed by atoms with Crippen molar-refractivity contribution in [1.82, 2.24) is 0 Å². The molecule has 0 saturated heterocycles. The van der Waals surface area contributed by atoms with Crippen molar-refractivity contribution in [3.63, 3.8) is 0 Å². The van der Waals surface area contributed by atoms with Gasteiger partial charge in [0, 0.05) is 21.8 Å². The van der Waals surface area contributed by atoms with Gasteiger partial charge in [-0.05, 0) is 31.0 Å². The van der Waals surface area contributed by atoms with Crippen molar-refractivity contribution in [3.8, 4) is 0 Å². The molecule has 1 rings (SSSR count). The first-order valence-electron chi connectivity index (χ1n) is 5.43. The number of benzene rings is 1. The summed E-state index contributed by atoms with van der Waals surface area (Å²) in [6.07, 6.45) is 0.980. The van der Waals surface area contributed by atoms with Crippen LogP contribution in [0.2, 0.25) is 10.0 Å². The molecule has 5 heteroatoms. The highest BCUT2D eigenvalue weighted by Crippen LogP contribution is 2.28. The Labute approximate surface area is 117 Å². The number of aliphatic imine (C=N–C) groups is 1. The molecule has 0 unspecified atom stereocenters. The lowest BCUT2D eigenvalue weighted by Gasteiger charge is -2.07. The first-order valence-corrected chi connectivity index (χ1v) is 7.17. The molecular formula is C12H16Cl2N2S. The molecule has 0 aliphatic carbocycles. The maximum Gasteiger partial charge on any atom is 0.154 e. The summed E-state index contributed by atoms with van der Waals surface area (Å²) >= 11 is 13.6. The second-order valence-electron chi connectivity index (χ2n) is 3.71. The fourth-order valence-corrected chi connectivity index (χ4v) is 2.71. The highest BCUT2D eigenvalue weighted by atomic mass is 35.5. The van der Waals surface area contributed by atoms with Crippen molar-refractivity contribution in [1.29, 1.82) is 0 Å². The van der Waals surface area contributed by atoms with E-state index in [0.29, 0.717) is 21.0 Å². The Balaban J connectivity index is 2.65. The first-order chi connectivity index (χ1) is 8.04. The van der Waals surface area contributed by atoms with Gasteiger partial charge in [-0.25, -0.2) is 0 Å². The molecule has 1 aromatic carbocycles. The lowest BCUT2D eigenvalue weighted by molar-refractivity contribution is 0.718. The van der Waals surface area contributed by atoms with Gasteiger partial charge in [0.2, 0.25) is 0 Å². The van der Waals surface area contributed by atoms with Gasteiger partial charge >= 0.3 is 0 Å². The van der Waals surface area contributed by atoms with Crippen LogP contribution < -0.4 is 5.73 Å². The molecule has 0 heterocycles. The normalized spacial score (nSPS) is 13.8. The number of nitrogens with zero attached hydrogens (tertiary/aromatic N) is 1. The summed E-state index contributed by atoms with van der Waals surface area (Å²) in [5.41, 5.74) is 6.73. The summed E-state index contributed by atoms with van der Waals surface area (Å²) in [5, 5.41) is 1.91. The molecule has 17 heavy (non-hydrogen) atoms. The molecule has 0 aliphatic rings. The lowest BCUT2D eigenvalue weighted by Crippen LogP contribution is -2.11. The molecule has 2 nitrogen and oxygen atoms in total. The van der Waals surface area contributed by atoms with Gasteiger partial charge in [0.05, 0.1) is 0 Å². The molecule has 94 valence electrons. The van der Waals surface area contributed by atoms with Gasteiger partial charge in [0.15, 0.2) is 5.17 Å². The smallest absolute Gasteiger partial charge is 0.154 e. The summed E-state index contributed by atoms with van der Waals surface area (Å²) in [4.78, 5) is 4.34. The number of hydrogen-bond acceptors (Lipinski definition) is 2. The van der Waals surface area contributed by atoms with Crippen molar-refractivity contribution in [3.05, 3.63) is 33.8 Å². The monoisotopic (exact) mass is 290 g/mol. The molecule has 0 radical (unpaired) electrons. The molecule has 1 aromatic rings. The van der Waals surface area contributed by atoms with E-state index >= 15 is 0 Å². The molecule has 2 N–H and O–H groups in total. The van der Waals surface area contributed by atoms with Crippen LogP contribution in [0.3, 0.4) is 0 Å². The van der Waals surface area contributed by atoms with Crippen molar-refractivity contribution >= 4 is 40.1 Å². The summed E-state index contributed by atoms with van der Waals surface area (Å²) < 4.78 is 0. The van der Waals surface area contributed by atoms with Crippen molar-refractivity contribution in [2.45, 2.75) is 32.1 Å². The third kappa shape index (κ3) is 4.78. The van der Waals surface area contributed by atoms with E-state index < -0.39 is 0 Å². The number of hydrogen-bond donors (Lipinski definition) is 1. The van der Waals surface area contributed by atoms with Crippen LogP contribution >= 0.6 is 35.0 Å². The van der Waals surface area contributed by atoms with E-state index in [2.05, 4.69) is 11.9 Å². The third-order valence-corrected chi connectivity index (χ3v) is 3.91. The molecule has 0 aliphatic heterocycles. The Morgan fingerprint density at radius 2 is 2.00 bits per heavy atom. The largest absolute Gasteiger partial charge is 0.379 e. The van der Waals surface area contributed by atoms with Gasteiger partial charge < -0.3 is 5.73 Å². The molecule has 0 spiro atoms. The van der Waals surface area contributed by atoms with Crippen molar-refractivity contribution in [2.75, 3.05) is 0 Å². The minimum absolute atomic E-state index is 0.254. The van der Waals surface area contributed by atoms with E-state index in [-0.39, 0.29) is 6.04 Å². The van der Waals surface area contributed by atoms with Crippen LogP contribution in [0.5, 0.6) is 0 Å². The first kappa shape index (κ1) is 14.7. The van der Waals surface area contributed by atoms with E-state index in [9.17, 15) is 0 Å². The minimum Gasteiger partial charge on any atom is -0.379 e. The zero-order chi connectivity index (χ0) is 12.8. The zero-order valence-corrected chi connectivity index (χ0v) is 12.2. The molecule has 0 aromatic heterocycles. The summed E-state index contributed by atoms with van der Waals surface area (Å²) in [5.74, 6) is 0.643. The van der Waals surface area contributed by atoms with Gasteiger partial charge in [-0.15, -0.1) is 0 Å². The molecule has 0 amide bonds. The summed E-state index contributed by atoms with van der Waals surface area (Å²) in [6, 6.07) is 5.73. The second-order valence-corrected chi connectivity index (χ2v) is 5.52. The molecule has 0 bridgehead atoms. The summed E-state index contributed by atoms with van der Waals surface area (Å²) in [6.45, 7) is 4.12. The Kier molecular flexibility index (Phi) is 6.17. The van der Waals surface area contributed by atoms with Gasteiger partial charge in [0.25, 0.3) is 0 Å². The SMILES string of the molecule is CC[C@@H](C)N=C(N)SCc1c(Cl)cccc1Cl. The average Bonchev–Trinajstić information content (AvgIpc) is 2.28. The predicted octanol–water partition coefficient (Wildman–Crippen LogP) is 4.34. The second kappa shape index (κ2) is 7.14. The van der Waals surface area contributed by atoms with Gasteiger partial charge in [-0.2, -0.15) is 0 Å². The minimum atomic E-state index is 0.254. The maximum absolute atomic E-state index is 6.07. The Morgan fingerprint density at radius 1 is 1.41 bits per heavy atom. The number of nitrogens with two attached hydrogens (primary N) is 1. The number of thioether (sulfide) groups is 1. The standard InChI is InChI=1S/C12H16Cl2N2S/c1-3-8(2)16-12(15)17-7-9-10(13)5-4-6-11(9)14/h4-6,8H,3,7H2,1-2H3,(H2,15,16)/t8-/m1/s1. The van der Waals surface area contributed by atoms with Crippen LogP contribution in [0.15, 0.2) is 23.2 Å². The Hall–Kier alpha value is -0.380. The van der Waals surface area contributed by atoms with Crippen molar-refractivity contribution < 1.29 is 0 Å².